The fourth-order valence-electron chi connectivity index (χ4n) is 2.27. The first-order valence-corrected chi connectivity index (χ1v) is 7.22. The Bertz CT molecular complexity index is 517. The van der Waals surface area contributed by atoms with Gasteiger partial charge in [0.15, 0.2) is 0 Å². The van der Waals surface area contributed by atoms with E-state index in [9.17, 15) is 21.6 Å². The lowest BCUT2D eigenvalue weighted by molar-refractivity contribution is 0.174. The summed E-state index contributed by atoms with van der Waals surface area (Å²) < 4.78 is 61.4. The fourth-order valence-corrected chi connectivity index (χ4v) is 2.99. The number of halogens is 3. The van der Waals surface area contributed by atoms with E-state index in [-0.39, 0.29) is 0 Å². The summed E-state index contributed by atoms with van der Waals surface area (Å²) in [6.07, 6.45) is 2.36. The van der Waals surface area contributed by atoms with Crippen LogP contribution < -0.4 is 0 Å². The van der Waals surface area contributed by atoms with Crippen molar-refractivity contribution in [1.82, 2.24) is 0 Å². The molecule has 100 valence electrons. The summed E-state index contributed by atoms with van der Waals surface area (Å²) in [7, 11) is -4.59. The Hall–Kier alpha value is -1.04. The molecule has 0 atom stereocenters. The van der Waals surface area contributed by atoms with Gasteiger partial charge in [0, 0.05) is 0 Å². The van der Waals surface area contributed by atoms with Crippen LogP contribution in [0.3, 0.4) is 0 Å². The smallest absolute Gasteiger partial charge is 0.239 e. The van der Waals surface area contributed by atoms with E-state index in [1.807, 2.05) is 0 Å². The van der Waals surface area contributed by atoms with Crippen LogP contribution in [0, 0.1) is 0 Å². The van der Waals surface area contributed by atoms with Gasteiger partial charge in [0.2, 0.25) is 9.84 Å². The van der Waals surface area contributed by atoms with Gasteiger partial charge in [-0.25, -0.2) is 12.8 Å². The number of hydrogen-bond acceptors (Lipinski definition) is 2. The van der Waals surface area contributed by atoms with Crippen molar-refractivity contribution in [2.24, 2.45) is 0 Å². The second-order valence-electron chi connectivity index (χ2n) is 4.50. The number of sulfone groups is 1. The molecule has 1 saturated carbocycles. The summed E-state index contributed by atoms with van der Waals surface area (Å²) in [5.74, 6) is -3.45. The predicted octanol–water partition coefficient (Wildman–Crippen LogP) is 3.42. The molecule has 0 amide bonds. The summed E-state index contributed by atoms with van der Waals surface area (Å²) in [6.45, 7) is 0. The van der Waals surface area contributed by atoms with Gasteiger partial charge in [-0.15, -0.1) is 0 Å². The maximum absolute atomic E-state index is 14.3. The van der Waals surface area contributed by atoms with Crippen LogP contribution in [-0.2, 0) is 15.5 Å². The SMILES string of the molecule is O=S(=O)(c1ccc(C2(F)CCCC2)cc1)C(F)F. The van der Waals surface area contributed by atoms with E-state index in [0.29, 0.717) is 18.4 Å². The number of hydrogen-bond donors (Lipinski definition) is 0. The third-order valence-electron chi connectivity index (χ3n) is 3.33. The lowest BCUT2D eigenvalue weighted by Gasteiger charge is -2.19. The van der Waals surface area contributed by atoms with Crippen molar-refractivity contribution in [3.8, 4) is 0 Å². The average Bonchev–Trinajstić information content (AvgIpc) is 2.77. The molecule has 6 heteroatoms. The van der Waals surface area contributed by atoms with Gasteiger partial charge in [0.1, 0.15) is 5.67 Å². The van der Waals surface area contributed by atoms with Crippen LogP contribution in [-0.4, -0.2) is 14.2 Å². The van der Waals surface area contributed by atoms with Gasteiger partial charge in [-0.2, -0.15) is 8.78 Å². The molecule has 0 saturated heterocycles. The summed E-state index contributed by atoms with van der Waals surface area (Å²) in [6, 6.07) is 4.69. The van der Waals surface area contributed by atoms with Crippen LogP contribution in [0.1, 0.15) is 31.2 Å². The summed E-state index contributed by atoms with van der Waals surface area (Å²) in [5.41, 5.74) is -1.07. The third-order valence-corrected chi connectivity index (χ3v) is 4.73. The highest BCUT2D eigenvalue weighted by Crippen LogP contribution is 2.42. The highest BCUT2D eigenvalue weighted by molar-refractivity contribution is 7.91. The van der Waals surface area contributed by atoms with E-state index in [4.69, 9.17) is 0 Å². The molecule has 0 radical (unpaired) electrons. The van der Waals surface area contributed by atoms with Crippen LogP contribution in [0.25, 0.3) is 0 Å². The van der Waals surface area contributed by atoms with Gasteiger partial charge < -0.3 is 0 Å². The molecule has 2 rings (SSSR count). The van der Waals surface area contributed by atoms with Crippen molar-refractivity contribution in [2.75, 3.05) is 0 Å². The van der Waals surface area contributed by atoms with Gasteiger partial charge in [-0.1, -0.05) is 12.1 Å². The number of rotatable bonds is 3. The first-order chi connectivity index (χ1) is 8.36. The molecule has 0 aliphatic heterocycles. The Balaban J connectivity index is 2.31. The molecule has 1 aliphatic carbocycles. The van der Waals surface area contributed by atoms with E-state index in [0.717, 1.165) is 25.0 Å². The third kappa shape index (κ3) is 2.25. The van der Waals surface area contributed by atoms with Crippen molar-refractivity contribution < 1.29 is 21.6 Å². The largest absolute Gasteiger partial charge is 0.341 e. The molecule has 1 aromatic carbocycles. The predicted molar refractivity (Wildman–Crippen MR) is 60.9 cm³/mol. The molecule has 0 bridgehead atoms. The lowest BCUT2D eigenvalue weighted by Crippen LogP contribution is -2.16. The van der Waals surface area contributed by atoms with Crippen LogP contribution >= 0.6 is 0 Å². The quantitative estimate of drug-likeness (QED) is 0.849. The molecule has 0 spiro atoms. The van der Waals surface area contributed by atoms with E-state index in [2.05, 4.69) is 0 Å². The molecule has 1 aliphatic rings. The Labute approximate surface area is 104 Å². The van der Waals surface area contributed by atoms with E-state index < -0.39 is 26.2 Å². The second-order valence-corrected chi connectivity index (χ2v) is 6.42. The molecule has 18 heavy (non-hydrogen) atoms. The van der Waals surface area contributed by atoms with Crippen LogP contribution in [0.4, 0.5) is 13.2 Å². The summed E-state index contributed by atoms with van der Waals surface area (Å²) in [4.78, 5) is -0.470. The average molecular weight is 278 g/mol. The molecular weight excluding hydrogens is 265 g/mol. The molecule has 1 fully saturated rings. The van der Waals surface area contributed by atoms with E-state index >= 15 is 0 Å². The molecule has 2 nitrogen and oxygen atoms in total. The Morgan fingerprint density at radius 1 is 1.06 bits per heavy atom. The Morgan fingerprint density at radius 2 is 1.56 bits per heavy atom. The van der Waals surface area contributed by atoms with Crippen molar-refractivity contribution in [1.29, 1.82) is 0 Å². The highest BCUT2D eigenvalue weighted by Gasteiger charge is 2.36. The van der Waals surface area contributed by atoms with Gasteiger partial charge in [-0.3, -0.25) is 0 Å². The first-order valence-electron chi connectivity index (χ1n) is 5.68. The van der Waals surface area contributed by atoms with Gasteiger partial charge in [0.25, 0.3) is 0 Å². The van der Waals surface area contributed by atoms with Crippen molar-refractivity contribution >= 4 is 9.84 Å². The van der Waals surface area contributed by atoms with Crippen molar-refractivity contribution in [3.63, 3.8) is 0 Å². The maximum Gasteiger partial charge on any atom is 0.341 e. The topological polar surface area (TPSA) is 34.1 Å². The van der Waals surface area contributed by atoms with E-state index in [1.165, 1.54) is 12.1 Å². The minimum atomic E-state index is -4.59. The minimum absolute atomic E-state index is 0.369. The molecule has 1 aromatic rings. The Morgan fingerprint density at radius 3 is 2.00 bits per heavy atom. The number of alkyl halides is 3. The van der Waals surface area contributed by atoms with Gasteiger partial charge in [0.05, 0.1) is 4.90 Å². The van der Waals surface area contributed by atoms with Gasteiger partial charge >= 0.3 is 5.76 Å². The molecular formula is C12H13F3O2S. The standard InChI is InChI=1S/C12H13F3O2S/c13-11(14)18(16,17)10-5-3-9(4-6-10)12(15)7-1-2-8-12/h3-6,11H,1-2,7-8H2. The monoisotopic (exact) mass is 278 g/mol. The summed E-state index contributed by atoms with van der Waals surface area (Å²) in [5, 5.41) is 0. The number of benzene rings is 1. The normalized spacial score (nSPS) is 19.3. The minimum Gasteiger partial charge on any atom is -0.239 e. The van der Waals surface area contributed by atoms with Gasteiger partial charge in [-0.05, 0) is 43.4 Å². The maximum atomic E-state index is 14.3. The van der Waals surface area contributed by atoms with Crippen LogP contribution in [0.15, 0.2) is 29.2 Å². The first kappa shape index (κ1) is 13.4. The summed E-state index contributed by atoms with van der Waals surface area (Å²) >= 11 is 0. The molecule has 0 N–H and O–H groups in total. The van der Waals surface area contributed by atoms with Crippen LogP contribution in [0.5, 0.6) is 0 Å². The lowest BCUT2D eigenvalue weighted by atomic mass is 9.94. The van der Waals surface area contributed by atoms with Crippen molar-refractivity contribution in [3.05, 3.63) is 29.8 Å². The van der Waals surface area contributed by atoms with Crippen molar-refractivity contribution in [2.45, 2.75) is 42.0 Å². The zero-order valence-electron chi connectivity index (χ0n) is 9.57. The second kappa shape index (κ2) is 4.57. The van der Waals surface area contributed by atoms with E-state index in [1.54, 1.807) is 0 Å². The zero-order chi connectivity index (χ0) is 13.4. The molecule has 0 unspecified atom stereocenters. The Kier molecular flexibility index (Phi) is 3.40. The highest BCUT2D eigenvalue weighted by atomic mass is 32.2. The fraction of sp³-hybridized carbons (Fsp3) is 0.500. The zero-order valence-corrected chi connectivity index (χ0v) is 10.4. The molecule has 0 aromatic heterocycles. The van der Waals surface area contributed by atoms with Crippen LogP contribution in [0.2, 0.25) is 0 Å². The molecule has 0 heterocycles.